The average molecular weight is 1660 g/mol. The number of aromatic nitrogens is 12. The molecule has 0 amide bonds. The maximum absolute atomic E-state index is 13.6. The monoisotopic (exact) mass is 1660 g/mol. The van der Waals surface area contributed by atoms with Gasteiger partial charge in [-0.3, -0.25) is 0 Å². The van der Waals surface area contributed by atoms with Gasteiger partial charge in [-0.1, -0.05) is 156 Å². The summed E-state index contributed by atoms with van der Waals surface area (Å²) in [7, 11) is -12.8. The van der Waals surface area contributed by atoms with Crippen LogP contribution in [-0.4, -0.2) is 121 Å². The van der Waals surface area contributed by atoms with Crippen LogP contribution in [0.15, 0.2) is 203 Å². The number of nitrogens with one attached hydrogen (secondary N) is 4. The lowest BCUT2D eigenvalue weighted by molar-refractivity contribution is 0.425. The first-order valence-corrected chi connectivity index (χ1v) is 41.7. The van der Waals surface area contributed by atoms with Crippen LogP contribution in [-0.2, 0) is 30.1 Å². The molecule has 114 heavy (non-hydrogen) atoms. The van der Waals surface area contributed by atoms with E-state index in [1.165, 1.54) is 7.94 Å². The third-order valence-electron chi connectivity index (χ3n) is 16.2. The number of halogens is 3. The number of hydrogen-bond donors (Lipinski definition) is 7. The summed E-state index contributed by atoms with van der Waals surface area (Å²) >= 11 is 17.9. The van der Waals surface area contributed by atoms with Crippen molar-refractivity contribution in [2.75, 3.05) is 16.0 Å². The second kappa shape index (κ2) is 35.3. The van der Waals surface area contributed by atoms with Crippen molar-refractivity contribution in [2.45, 2.75) is 168 Å². The molecule has 0 aliphatic heterocycles. The molecule has 0 aliphatic rings. The Kier molecular flexibility index (Phi) is 27.2. The number of fused-ring (bicyclic) bond motifs is 4. The molecule has 0 unspecified atom stereocenters. The molecule has 0 atom stereocenters. The molecule has 14 rings (SSSR count). The predicted molar refractivity (Wildman–Crippen MR) is 463 cm³/mol. The van der Waals surface area contributed by atoms with Crippen molar-refractivity contribution in [3.63, 3.8) is 0 Å². The summed E-state index contributed by atoms with van der Waals surface area (Å²) in [6.45, 7) is 37.3. The van der Waals surface area contributed by atoms with E-state index in [1.54, 1.807) is 130 Å². The Hall–Kier alpha value is -10.1. The normalized spacial score (nSPS) is 11.9. The highest BCUT2D eigenvalue weighted by atomic mass is 35.5. The van der Waals surface area contributed by atoms with E-state index in [2.05, 4.69) is 72.7 Å². The van der Waals surface area contributed by atoms with E-state index in [0.717, 1.165) is 60.2 Å². The number of anilines is 3. The van der Waals surface area contributed by atoms with E-state index in [0.29, 0.717) is 61.8 Å². The Bertz CT molecular complexity index is 6080. The zero-order valence-electron chi connectivity index (χ0n) is 67.2. The topological polar surface area (TPSA) is 339 Å². The molecule has 0 spiro atoms. The summed E-state index contributed by atoms with van der Waals surface area (Å²) in [4.78, 5) is 39.0. The van der Waals surface area contributed by atoms with Gasteiger partial charge in [-0.15, -0.1) is 0 Å². The zero-order valence-corrected chi connectivity index (χ0v) is 71.9. The number of hydrogen-bond acceptors (Lipinski definition) is 20. The summed E-state index contributed by atoms with van der Waals surface area (Å²) < 4.78 is 82.9. The molecular formula is C83H96BCl3N16O8S3. The van der Waals surface area contributed by atoms with Gasteiger partial charge in [-0.05, 0) is 221 Å². The van der Waals surface area contributed by atoms with Gasteiger partial charge in [0.1, 0.15) is 28.3 Å². The Labute approximate surface area is 682 Å². The fraction of sp³-hybridized carbons (Fsp3) is 0.277. The maximum atomic E-state index is 13.6. The van der Waals surface area contributed by atoms with Gasteiger partial charge in [0, 0.05) is 56.1 Å². The summed E-state index contributed by atoms with van der Waals surface area (Å²) in [6, 6.07) is 55.7. The number of nitrogens with zero attached hydrogens (tertiary/aromatic N) is 11. The lowest BCUT2D eigenvalue weighted by Gasteiger charge is -2.22. The SMILES string of the molecule is CC(C)(C)N.Cc1cc2c(NC(C)(C)C)nc(-c3ccccc3)nc2[nH]1.Cc1ccc(S(=O)(=O)n2c(C)cc3c(Cl)nc(Cl)nc32)cc1.Cc1ccc(S(=O)(=O)n2c(C)cc3c(NC(C)(C)C)nc(-c4ccccc4)nc32)cc1.Cc1ccc(S(=O)(=O)n2c(C)cc3c(NC(C)(C)C)nc(Cl)nc32)cc1.OB(O)c1ccccc1. The number of H-pyrrole nitrogens is 1. The fourth-order valence-electron chi connectivity index (χ4n) is 11.4. The van der Waals surface area contributed by atoms with Crippen LogP contribution in [0.2, 0.25) is 15.7 Å². The van der Waals surface area contributed by atoms with Gasteiger partial charge in [0.2, 0.25) is 10.6 Å². The minimum Gasteiger partial charge on any atom is -0.423 e. The summed E-state index contributed by atoms with van der Waals surface area (Å²) in [6.07, 6.45) is 0. The zero-order chi connectivity index (χ0) is 84.0. The van der Waals surface area contributed by atoms with Gasteiger partial charge in [0.05, 0.1) is 36.2 Å². The summed E-state index contributed by atoms with van der Waals surface area (Å²) in [5, 5.41) is 30.1. The number of benzene rings is 6. The van der Waals surface area contributed by atoms with Gasteiger partial charge in [0.15, 0.2) is 28.6 Å². The molecule has 31 heteroatoms. The standard InChI is InChI=1S/C24H26N4O2S.C18H21ClN4O2S.C17H20N4.C14H11Cl2N3O2S.C6H7BO2.C4H11N/c1-16-11-13-19(14-12-16)31(29,30)28-17(2)15-20-22(27-24(3,4)5)25-21(26-23(20)28)18-9-7-6-8-10-18;1-11-6-8-13(9-7-11)26(24,25)23-12(2)10-14-15(22-18(3,4)5)20-17(19)21-16(14)23;1-11-10-13-15(18-11)19-14(12-8-6-5-7-9-12)20-16(13)21-17(2,3)4;1-8-3-5-10(6-4-8)22(20,21)19-9(2)7-11-12(15)17-14(16)18-13(11)19;8-7(9)6-4-2-1-3-5-6;1-4(2,3)5/h6-15H,1-5H3,(H,25,26,27);6-10H,1-5H3,(H,20,21,22);5-10H,1-4H3,(H2,18,19,20,21);3-7H,1-2H3;1-5,8-9H;5H2,1-3H3. The highest BCUT2D eigenvalue weighted by molar-refractivity contribution is 7.90. The first-order valence-electron chi connectivity index (χ1n) is 36.2. The Morgan fingerprint density at radius 1 is 0.386 bits per heavy atom. The quantitative estimate of drug-likeness (QED) is 0.0339. The van der Waals surface area contributed by atoms with Gasteiger partial charge >= 0.3 is 7.12 Å². The molecule has 0 fully saturated rings. The van der Waals surface area contributed by atoms with Gasteiger partial charge in [-0.2, -0.15) is 9.97 Å². The van der Waals surface area contributed by atoms with Crippen molar-refractivity contribution >= 4 is 139 Å². The third kappa shape index (κ3) is 22.4. The first-order chi connectivity index (χ1) is 53.1. The molecule has 8 N–H and O–H groups in total. The van der Waals surface area contributed by atoms with Crippen molar-refractivity contribution in [3.8, 4) is 22.8 Å². The maximum Gasteiger partial charge on any atom is 0.488 e. The largest absolute Gasteiger partial charge is 0.488 e. The number of aromatic amines is 1. The molecule has 8 heterocycles. The first kappa shape index (κ1) is 87.8. The van der Waals surface area contributed by atoms with Crippen LogP contribution in [0, 0.1) is 48.5 Å². The van der Waals surface area contributed by atoms with Crippen LogP contribution in [0.5, 0.6) is 0 Å². The van der Waals surface area contributed by atoms with E-state index in [9.17, 15) is 25.3 Å². The molecule has 0 saturated carbocycles. The second-order valence-corrected chi connectivity index (χ2v) is 37.8. The van der Waals surface area contributed by atoms with Crippen LogP contribution >= 0.6 is 34.8 Å². The minimum atomic E-state index is -3.83. The smallest absolute Gasteiger partial charge is 0.423 e. The Balaban J connectivity index is 0.000000166. The van der Waals surface area contributed by atoms with Gasteiger partial charge in [-0.25, -0.2) is 67.1 Å². The lowest BCUT2D eigenvalue weighted by Crippen LogP contribution is -2.29. The van der Waals surface area contributed by atoms with Crippen molar-refractivity contribution in [1.29, 1.82) is 0 Å². The molecule has 0 saturated heterocycles. The minimum absolute atomic E-state index is 0. The molecule has 8 aromatic heterocycles. The summed E-state index contributed by atoms with van der Waals surface area (Å²) in [5.41, 5.74) is 14.4. The van der Waals surface area contributed by atoms with Crippen molar-refractivity contribution < 1.29 is 35.3 Å². The summed E-state index contributed by atoms with van der Waals surface area (Å²) in [5.74, 6) is 3.19. The van der Waals surface area contributed by atoms with Gasteiger partial charge in [0.25, 0.3) is 30.1 Å². The molecule has 14 aromatic rings. The van der Waals surface area contributed by atoms with Crippen molar-refractivity contribution in [1.82, 2.24) is 56.8 Å². The molecule has 598 valence electrons. The molecule has 24 nitrogen and oxygen atoms in total. The van der Waals surface area contributed by atoms with E-state index in [4.69, 9.17) is 65.5 Å². The Morgan fingerprint density at radius 3 is 1.04 bits per heavy atom. The molecule has 6 aromatic carbocycles. The van der Waals surface area contributed by atoms with E-state index in [1.807, 2.05) is 163 Å². The van der Waals surface area contributed by atoms with Crippen LogP contribution in [0.4, 0.5) is 17.5 Å². The molecule has 0 aliphatic carbocycles. The van der Waals surface area contributed by atoms with Gasteiger partial charge < -0.3 is 36.7 Å². The van der Waals surface area contributed by atoms with Crippen molar-refractivity contribution in [2.24, 2.45) is 5.73 Å². The second-order valence-electron chi connectivity index (χ2n) is 31.5. The average Bonchev–Trinajstić information content (AvgIpc) is 1.60. The van der Waals surface area contributed by atoms with E-state index >= 15 is 0 Å². The fourth-order valence-corrected chi connectivity index (χ4v) is 16.4. The Morgan fingerprint density at radius 2 is 0.693 bits per heavy atom. The van der Waals surface area contributed by atoms with Crippen LogP contribution < -0.4 is 27.1 Å². The molecule has 0 bridgehead atoms. The number of nitrogens with two attached hydrogens (primary N) is 1. The third-order valence-corrected chi connectivity index (χ3v) is 22.3. The molecular weight excluding hydrogens is 1560 g/mol. The van der Waals surface area contributed by atoms with E-state index in [-0.39, 0.29) is 63.9 Å². The molecule has 0 radical (unpaired) electrons. The number of rotatable bonds is 12. The van der Waals surface area contributed by atoms with E-state index < -0.39 is 37.2 Å². The van der Waals surface area contributed by atoms with Crippen LogP contribution in [0.25, 0.3) is 66.9 Å². The van der Waals surface area contributed by atoms with Crippen molar-refractivity contribution in [3.05, 3.63) is 243 Å². The van der Waals surface area contributed by atoms with Crippen LogP contribution in [0.1, 0.15) is 123 Å². The lowest BCUT2D eigenvalue weighted by atomic mass is 9.81. The predicted octanol–water partition coefficient (Wildman–Crippen LogP) is 17.2. The number of aryl methyl sites for hydroxylation is 7. The highest BCUT2D eigenvalue weighted by Crippen LogP contribution is 2.36. The van der Waals surface area contributed by atoms with Crippen LogP contribution in [0.3, 0.4) is 0 Å². The highest BCUT2D eigenvalue weighted by Gasteiger charge is 2.30.